The molecule has 1 saturated carbocycles. The lowest BCUT2D eigenvalue weighted by Gasteiger charge is -2.07. The Kier molecular flexibility index (Phi) is 1.58. The largest absolute Gasteiger partial charge is 0.479 e. The average Bonchev–Trinajstić information content (AvgIpc) is 2.77. The van der Waals surface area contributed by atoms with Crippen molar-refractivity contribution in [1.29, 1.82) is 0 Å². The Balaban J connectivity index is 2.23. The lowest BCUT2D eigenvalue weighted by atomic mass is 10.2. The summed E-state index contributed by atoms with van der Waals surface area (Å²) < 4.78 is 10.1. The number of ether oxygens (including phenoxy) is 1. The molecule has 66 valence electrons. The van der Waals surface area contributed by atoms with Crippen molar-refractivity contribution in [3.63, 3.8) is 0 Å². The number of nitrogens with zero attached hydrogens (tertiary/aromatic N) is 1. The van der Waals surface area contributed by atoms with Gasteiger partial charge in [-0.25, -0.2) is 0 Å². The first kappa shape index (κ1) is 7.61. The molecule has 0 aliphatic heterocycles. The van der Waals surface area contributed by atoms with Crippen LogP contribution in [-0.2, 0) is 5.54 Å². The highest BCUT2D eigenvalue weighted by Crippen LogP contribution is 2.45. The molecule has 0 unspecified atom stereocenters. The fraction of sp³-hybridized carbons (Fsp3) is 0.625. The Hall–Kier alpha value is -1.03. The van der Waals surface area contributed by atoms with Crippen LogP contribution in [0.1, 0.15) is 18.6 Å². The van der Waals surface area contributed by atoms with Crippen molar-refractivity contribution in [2.24, 2.45) is 0 Å². The highest BCUT2D eigenvalue weighted by Gasteiger charge is 2.46. The summed E-state index contributed by atoms with van der Waals surface area (Å²) in [6.45, 7) is 0. The Morgan fingerprint density at radius 3 is 2.83 bits per heavy atom. The van der Waals surface area contributed by atoms with Gasteiger partial charge in [-0.05, 0) is 25.0 Å². The molecule has 12 heavy (non-hydrogen) atoms. The van der Waals surface area contributed by atoms with Crippen LogP contribution in [0.5, 0.6) is 5.88 Å². The van der Waals surface area contributed by atoms with Crippen molar-refractivity contribution < 1.29 is 9.26 Å². The minimum atomic E-state index is 0.0454. The van der Waals surface area contributed by atoms with E-state index in [9.17, 15) is 0 Å². The maximum Gasteiger partial charge on any atom is 0.254 e. The molecule has 0 bridgehead atoms. The van der Waals surface area contributed by atoms with Crippen LogP contribution in [0.25, 0.3) is 0 Å². The van der Waals surface area contributed by atoms with E-state index < -0.39 is 0 Å². The number of methoxy groups -OCH3 is 1. The Morgan fingerprint density at radius 1 is 1.67 bits per heavy atom. The molecule has 0 amide bonds. The van der Waals surface area contributed by atoms with Gasteiger partial charge in [-0.2, -0.15) is 0 Å². The van der Waals surface area contributed by atoms with Crippen LogP contribution in [0.4, 0.5) is 0 Å². The van der Waals surface area contributed by atoms with Crippen LogP contribution in [0, 0.1) is 0 Å². The SMILES string of the molecule is CNC1(c2cc(OC)no2)CC1. The van der Waals surface area contributed by atoms with Gasteiger partial charge in [0, 0.05) is 6.07 Å². The molecule has 4 nitrogen and oxygen atoms in total. The third kappa shape index (κ3) is 0.992. The Morgan fingerprint density at radius 2 is 2.42 bits per heavy atom. The van der Waals surface area contributed by atoms with Gasteiger partial charge >= 0.3 is 0 Å². The van der Waals surface area contributed by atoms with Gasteiger partial charge in [0.05, 0.1) is 12.6 Å². The molecule has 1 fully saturated rings. The summed E-state index contributed by atoms with van der Waals surface area (Å²) in [7, 11) is 3.52. The van der Waals surface area contributed by atoms with Crippen LogP contribution in [0.15, 0.2) is 10.6 Å². The normalized spacial score (nSPS) is 19.2. The average molecular weight is 168 g/mol. The second-order valence-electron chi connectivity index (χ2n) is 3.07. The molecule has 2 rings (SSSR count). The molecular weight excluding hydrogens is 156 g/mol. The first-order valence-electron chi connectivity index (χ1n) is 4.01. The molecule has 1 aliphatic carbocycles. The molecule has 1 N–H and O–H groups in total. The van der Waals surface area contributed by atoms with E-state index in [4.69, 9.17) is 9.26 Å². The van der Waals surface area contributed by atoms with Gasteiger partial charge in [-0.15, -0.1) is 0 Å². The third-order valence-corrected chi connectivity index (χ3v) is 2.40. The molecule has 1 heterocycles. The lowest BCUT2D eigenvalue weighted by molar-refractivity contribution is 0.305. The van der Waals surface area contributed by atoms with Crippen LogP contribution in [0.3, 0.4) is 0 Å². The van der Waals surface area contributed by atoms with Crippen LogP contribution in [0.2, 0.25) is 0 Å². The van der Waals surface area contributed by atoms with E-state index in [1.54, 1.807) is 7.11 Å². The molecule has 1 aliphatic rings. The molecular formula is C8H12N2O2. The Labute approximate surface area is 70.9 Å². The van der Waals surface area contributed by atoms with Crippen molar-refractivity contribution in [2.75, 3.05) is 14.2 Å². The van der Waals surface area contributed by atoms with Crippen LogP contribution in [-0.4, -0.2) is 19.3 Å². The minimum Gasteiger partial charge on any atom is -0.479 e. The number of aromatic nitrogens is 1. The molecule has 1 aromatic heterocycles. The summed E-state index contributed by atoms with van der Waals surface area (Å²) >= 11 is 0. The van der Waals surface area contributed by atoms with E-state index in [-0.39, 0.29) is 5.54 Å². The van der Waals surface area contributed by atoms with E-state index in [0.29, 0.717) is 5.88 Å². The topological polar surface area (TPSA) is 47.3 Å². The van der Waals surface area contributed by atoms with E-state index in [1.807, 2.05) is 13.1 Å². The van der Waals surface area contributed by atoms with Crippen molar-refractivity contribution >= 4 is 0 Å². The maximum absolute atomic E-state index is 5.14. The number of rotatable bonds is 3. The van der Waals surface area contributed by atoms with Gasteiger partial charge in [0.2, 0.25) is 0 Å². The molecule has 0 radical (unpaired) electrons. The minimum absolute atomic E-state index is 0.0454. The van der Waals surface area contributed by atoms with Crippen LogP contribution >= 0.6 is 0 Å². The first-order valence-corrected chi connectivity index (χ1v) is 4.01. The van der Waals surface area contributed by atoms with Gasteiger partial charge in [-0.1, -0.05) is 0 Å². The highest BCUT2D eigenvalue weighted by atomic mass is 16.5. The standard InChI is InChI=1S/C8H12N2O2/c1-9-8(3-4-8)6-5-7(11-2)10-12-6/h5,9H,3-4H2,1-2H3. The van der Waals surface area contributed by atoms with Crippen molar-refractivity contribution in [3.05, 3.63) is 11.8 Å². The summed E-state index contributed by atoms with van der Waals surface area (Å²) in [6.07, 6.45) is 2.23. The number of hydrogen-bond donors (Lipinski definition) is 1. The highest BCUT2D eigenvalue weighted by molar-refractivity contribution is 5.24. The van der Waals surface area contributed by atoms with Gasteiger partial charge in [-0.3, -0.25) is 0 Å². The van der Waals surface area contributed by atoms with Gasteiger partial charge < -0.3 is 14.6 Å². The van der Waals surface area contributed by atoms with E-state index in [2.05, 4.69) is 10.5 Å². The smallest absolute Gasteiger partial charge is 0.254 e. The molecule has 0 spiro atoms. The zero-order chi connectivity index (χ0) is 8.60. The van der Waals surface area contributed by atoms with Crippen molar-refractivity contribution in [3.8, 4) is 5.88 Å². The summed E-state index contributed by atoms with van der Waals surface area (Å²) in [4.78, 5) is 0. The summed E-state index contributed by atoms with van der Waals surface area (Å²) in [5.74, 6) is 1.42. The maximum atomic E-state index is 5.14. The molecule has 0 aromatic carbocycles. The predicted molar refractivity (Wildman–Crippen MR) is 43.0 cm³/mol. The van der Waals surface area contributed by atoms with Gasteiger partial charge in [0.1, 0.15) is 0 Å². The lowest BCUT2D eigenvalue weighted by Crippen LogP contribution is -2.23. The zero-order valence-electron chi connectivity index (χ0n) is 7.26. The molecule has 0 atom stereocenters. The fourth-order valence-electron chi connectivity index (χ4n) is 1.33. The number of nitrogens with one attached hydrogen (secondary N) is 1. The monoisotopic (exact) mass is 168 g/mol. The van der Waals surface area contributed by atoms with Crippen LogP contribution < -0.4 is 10.1 Å². The predicted octanol–water partition coefficient (Wildman–Crippen LogP) is 0.892. The van der Waals surface area contributed by atoms with E-state index in [0.717, 1.165) is 18.6 Å². The fourth-order valence-corrected chi connectivity index (χ4v) is 1.33. The zero-order valence-corrected chi connectivity index (χ0v) is 7.26. The van der Waals surface area contributed by atoms with E-state index in [1.165, 1.54) is 0 Å². The molecule has 4 heteroatoms. The number of hydrogen-bond acceptors (Lipinski definition) is 4. The summed E-state index contributed by atoms with van der Waals surface area (Å²) in [5.41, 5.74) is 0.0454. The van der Waals surface area contributed by atoms with Crippen molar-refractivity contribution in [2.45, 2.75) is 18.4 Å². The first-order chi connectivity index (χ1) is 5.80. The Bertz CT molecular complexity index is 278. The molecule has 0 saturated heterocycles. The summed E-state index contributed by atoms with van der Waals surface area (Å²) in [5, 5.41) is 6.97. The molecule has 1 aromatic rings. The van der Waals surface area contributed by atoms with Gasteiger partial charge in [0.15, 0.2) is 5.76 Å². The second kappa shape index (κ2) is 2.48. The quantitative estimate of drug-likeness (QED) is 0.728. The third-order valence-electron chi connectivity index (χ3n) is 2.40. The van der Waals surface area contributed by atoms with E-state index >= 15 is 0 Å². The van der Waals surface area contributed by atoms with Gasteiger partial charge in [0.25, 0.3) is 5.88 Å². The second-order valence-corrected chi connectivity index (χ2v) is 3.07. The van der Waals surface area contributed by atoms with Crippen molar-refractivity contribution in [1.82, 2.24) is 10.5 Å². The summed E-state index contributed by atoms with van der Waals surface area (Å²) in [6, 6.07) is 1.84.